The Hall–Kier alpha value is -4.05. The van der Waals surface area contributed by atoms with Gasteiger partial charge >= 0.3 is 0 Å². The van der Waals surface area contributed by atoms with Crippen LogP contribution in [-0.2, 0) is 32.6 Å². The lowest BCUT2D eigenvalue weighted by atomic mass is 10.0. The summed E-state index contributed by atoms with van der Waals surface area (Å²) in [4.78, 5) is 29.7. The van der Waals surface area contributed by atoms with E-state index in [-0.39, 0.29) is 35.5 Å². The van der Waals surface area contributed by atoms with E-state index in [4.69, 9.17) is 27.9 Å². The van der Waals surface area contributed by atoms with Gasteiger partial charge in [0.05, 0.1) is 17.7 Å². The fourth-order valence-electron chi connectivity index (χ4n) is 4.77. The van der Waals surface area contributed by atoms with Gasteiger partial charge in [0.25, 0.3) is 10.0 Å². The SMILES string of the molecule is COc1ccc(N(CC(=O)N(Cc2ccc(Cl)cc2Cl)C(Cc2ccccc2)C(=O)NC(C)C)S(=O)(=O)c2ccccc2)cc1. The molecule has 1 atom stereocenters. The molecule has 1 N–H and O–H groups in total. The number of ether oxygens (including phenoxy) is 1. The first-order valence-corrected chi connectivity index (χ1v) is 16.5. The maximum absolute atomic E-state index is 14.5. The zero-order chi connectivity index (χ0) is 32.6. The van der Waals surface area contributed by atoms with Gasteiger partial charge in [0.1, 0.15) is 18.3 Å². The lowest BCUT2D eigenvalue weighted by Gasteiger charge is -2.34. The first-order valence-electron chi connectivity index (χ1n) is 14.3. The van der Waals surface area contributed by atoms with Crippen molar-refractivity contribution in [2.24, 2.45) is 0 Å². The number of nitrogens with zero attached hydrogens (tertiary/aromatic N) is 2. The summed E-state index contributed by atoms with van der Waals surface area (Å²) in [6.45, 7) is 3.00. The van der Waals surface area contributed by atoms with Crippen LogP contribution in [0.1, 0.15) is 25.0 Å². The molecule has 4 rings (SSSR count). The fourth-order valence-corrected chi connectivity index (χ4v) is 6.67. The molecule has 236 valence electrons. The Balaban J connectivity index is 1.82. The Morgan fingerprint density at radius 1 is 0.867 bits per heavy atom. The second-order valence-corrected chi connectivity index (χ2v) is 13.4. The van der Waals surface area contributed by atoms with Gasteiger partial charge in [0, 0.05) is 29.1 Å². The molecule has 4 aromatic rings. The highest BCUT2D eigenvalue weighted by Gasteiger charge is 2.35. The largest absolute Gasteiger partial charge is 0.497 e. The van der Waals surface area contributed by atoms with Gasteiger partial charge in [0.2, 0.25) is 11.8 Å². The quantitative estimate of drug-likeness (QED) is 0.179. The highest BCUT2D eigenvalue weighted by Crippen LogP contribution is 2.28. The van der Waals surface area contributed by atoms with Gasteiger partial charge in [-0.3, -0.25) is 13.9 Å². The Morgan fingerprint density at radius 2 is 1.49 bits per heavy atom. The molecule has 0 saturated heterocycles. The predicted molar refractivity (Wildman–Crippen MR) is 178 cm³/mol. The number of carbonyl (C=O) groups excluding carboxylic acids is 2. The lowest BCUT2D eigenvalue weighted by Crippen LogP contribution is -2.54. The number of methoxy groups -OCH3 is 1. The van der Waals surface area contributed by atoms with Crippen molar-refractivity contribution in [2.45, 2.75) is 43.8 Å². The van der Waals surface area contributed by atoms with Gasteiger partial charge in [-0.1, -0.05) is 77.8 Å². The zero-order valence-corrected chi connectivity index (χ0v) is 27.5. The third-order valence-electron chi connectivity index (χ3n) is 7.03. The van der Waals surface area contributed by atoms with E-state index in [1.54, 1.807) is 60.7 Å². The molecule has 0 bridgehead atoms. The predicted octanol–water partition coefficient (Wildman–Crippen LogP) is 6.36. The van der Waals surface area contributed by atoms with Gasteiger partial charge in [-0.2, -0.15) is 0 Å². The van der Waals surface area contributed by atoms with Gasteiger partial charge in [-0.15, -0.1) is 0 Å². The first kappa shape index (κ1) is 33.8. The van der Waals surface area contributed by atoms with Crippen molar-refractivity contribution >= 4 is 50.7 Å². The van der Waals surface area contributed by atoms with Gasteiger partial charge in [-0.25, -0.2) is 8.42 Å². The van der Waals surface area contributed by atoms with Crippen LogP contribution in [0.3, 0.4) is 0 Å². The number of hydrogen-bond acceptors (Lipinski definition) is 5. The summed E-state index contributed by atoms with van der Waals surface area (Å²) in [5, 5.41) is 3.66. The molecule has 0 aliphatic heterocycles. The van der Waals surface area contributed by atoms with Crippen molar-refractivity contribution < 1.29 is 22.7 Å². The molecule has 0 aliphatic rings. The monoisotopic (exact) mass is 667 g/mol. The third kappa shape index (κ3) is 8.78. The van der Waals surface area contributed by atoms with Crippen molar-refractivity contribution in [2.75, 3.05) is 18.0 Å². The average Bonchev–Trinajstić information content (AvgIpc) is 3.03. The molecule has 11 heteroatoms. The smallest absolute Gasteiger partial charge is 0.264 e. The number of nitrogens with one attached hydrogen (secondary N) is 1. The molecule has 8 nitrogen and oxygen atoms in total. The number of sulfonamides is 1. The number of halogens is 2. The summed E-state index contributed by atoms with van der Waals surface area (Å²) in [6.07, 6.45) is 0.185. The second kappa shape index (κ2) is 15.3. The molecule has 1 unspecified atom stereocenters. The van der Waals surface area contributed by atoms with Crippen molar-refractivity contribution in [3.8, 4) is 5.75 Å². The van der Waals surface area contributed by atoms with Crippen molar-refractivity contribution in [1.29, 1.82) is 0 Å². The van der Waals surface area contributed by atoms with Crippen molar-refractivity contribution in [1.82, 2.24) is 10.2 Å². The number of hydrogen-bond donors (Lipinski definition) is 1. The third-order valence-corrected chi connectivity index (χ3v) is 9.40. The molecule has 45 heavy (non-hydrogen) atoms. The first-order chi connectivity index (χ1) is 21.5. The van der Waals surface area contributed by atoms with Crippen LogP contribution in [0.4, 0.5) is 5.69 Å². The molecule has 0 heterocycles. The van der Waals surface area contributed by atoms with Crippen molar-refractivity contribution in [3.05, 3.63) is 124 Å². The molecular formula is C34H35Cl2N3O5S. The van der Waals surface area contributed by atoms with Crippen LogP contribution < -0.4 is 14.4 Å². The van der Waals surface area contributed by atoms with Crippen LogP contribution >= 0.6 is 23.2 Å². The number of amides is 2. The molecule has 0 aliphatic carbocycles. The number of benzene rings is 4. The second-order valence-electron chi connectivity index (χ2n) is 10.6. The van der Waals surface area contributed by atoms with E-state index in [2.05, 4.69) is 5.32 Å². The highest BCUT2D eigenvalue weighted by molar-refractivity contribution is 7.92. The summed E-state index contributed by atoms with van der Waals surface area (Å²) in [5.41, 5.74) is 1.63. The van der Waals surface area contributed by atoms with E-state index in [1.807, 2.05) is 44.2 Å². The molecule has 4 aromatic carbocycles. The summed E-state index contributed by atoms with van der Waals surface area (Å²) in [7, 11) is -2.71. The molecule has 0 saturated carbocycles. The van der Waals surface area contributed by atoms with Crippen LogP contribution in [0.5, 0.6) is 5.75 Å². The Labute approximate surface area is 274 Å². The van der Waals surface area contributed by atoms with Crippen molar-refractivity contribution in [3.63, 3.8) is 0 Å². The Bertz CT molecular complexity index is 1700. The van der Waals surface area contributed by atoms with Crippen LogP contribution in [0, 0.1) is 0 Å². The fraction of sp³-hybridized carbons (Fsp3) is 0.235. The minimum absolute atomic E-state index is 0.0132. The lowest BCUT2D eigenvalue weighted by molar-refractivity contribution is -0.140. The Morgan fingerprint density at radius 3 is 2.07 bits per heavy atom. The minimum Gasteiger partial charge on any atom is -0.497 e. The van der Waals surface area contributed by atoms with E-state index >= 15 is 0 Å². The van der Waals surface area contributed by atoms with Gasteiger partial charge in [-0.05, 0) is 73.5 Å². The summed E-state index contributed by atoms with van der Waals surface area (Å²) >= 11 is 12.7. The number of anilines is 1. The maximum Gasteiger partial charge on any atom is 0.264 e. The van der Waals surface area contributed by atoms with Crippen LogP contribution in [0.15, 0.2) is 108 Å². The highest BCUT2D eigenvalue weighted by atomic mass is 35.5. The van der Waals surface area contributed by atoms with E-state index in [0.717, 1.165) is 9.87 Å². The van der Waals surface area contributed by atoms with Crippen LogP contribution in [0.2, 0.25) is 10.0 Å². The summed E-state index contributed by atoms with van der Waals surface area (Å²) < 4.78 is 34.4. The molecule has 0 radical (unpaired) electrons. The molecule has 0 spiro atoms. The molecule has 0 fully saturated rings. The average molecular weight is 669 g/mol. The molecular weight excluding hydrogens is 633 g/mol. The molecule has 2 amide bonds. The normalized spacial score (nSPS) is 12.0. The molecule has 0 aromatic heterocycles. The summed E-state index contributed by atoms with van der Waals surface area (Å²) in [5.74, 6) is -0.459. The van der Waals surface area contributed by atoms with Gasteiger partial charge < -0.3 is 15.0 Å². The summed E-state index contributed by atoms with van der Waals surface area (Å²) in [6, 6.07) is 27.3. The van der Waals surface area contributed by atoms with E-state index in [1.165, 1.54) is 24.1 Å². The number of carbonyl (C=O) groups is 2. The standard InChI is InChI=1S/C34H35Cl2N3O5S/c1-24(2)37-34(41)32(20-25-10-6-4-7-11-25)38(22-26-14-15-27(35)21-31(26)36)33(40)23-39(28-16-18-29(44-3)19-17-28)45(42,43)30-12-8-5-9-13-30/h4-19,21,24,32H,20,22-23H2,1-3H3,(H,37,41). The van der Waals surface area contributed by atoms with E-state index < -0.39 is 28.5 Å². The maximum atomic E-state index is 14.5. The number of rotatable bonds is 13. The Kier molecular flexibility index (Phi) is 11.5. The van der Waals surface area contributed by atoms with E-state index in [0.29, 0.717) is 21.4 Å². The zero-order valence-electron chi connectivity index (χ0n) is 25.2. The topological polar surface area (TPSA) is 96.0 Å². The van der Waals surface area contributed by atoms with Gasteiger partial charge in [0.15, 0.2) is 0 Å². The van der Waals surface area contributed by atoms with Crippen LogP contribution in [-0.4, -0.2) is 50.9 Å². The minimum atomic E-state index is -4.21. The van der Waals surface area contributed by atoms with E-state index in [9.17, 15) is 18.0 Å². The van der Waals surface area contributed by atoms with Crippen LogP contribution in [0.25, 0.3) is 0 Å².